The number of carbonyl (C=O) groups excluding carboxylic acids is 3. The summed E-state index contributed by atoms with van der Waals surface area (Å²) in [7, 11) is 0. The quantitative estimate of drug-likeness (QED) is 0.331. The number of aliphatic hydroxyl groups excluding tert-OH is 1. The van der Waals surface area contributed by atoms with Crippen LogP contribution in [0, 0.1) is 0 Å². The van der Waals surface area contributed by atoms with Crippen LogP contribution in [0.4, 0.5) is 10.5 Å². The van der Waals surface area contributed by atoms with Crippen LogP contribution in [0.15, 0.2) is 46.9 Å². The smallest absolute Gasteiger partial charge is 0.339 e. The van der Waals surface area contributed by atoms with Gasteiger partial charge in [0.1, 0.15) is 12.1 Å². The summed E-state index contributed by atoms with van der Waals surface area (Å²) in [6.07, 6.45) is 0.0827. The van der Waals surface area contributed by atoms with E-state index in [9.17, 15) is 14.4 Å². The van der Waals surface area contributed by atoms with E-state index in [1.54, 1.807) is 31.1 Å². The standard InChI is InChI=1S/C19H15BrCl2N2O4.CH5BS/c1-19(9-11-2-4-12(20)5-3-11)17(27)23(18(28)24(19)16(26)10-25)15-7-13(21)6-14(22)8-15;1-2-3/h2-8,25H,9-10H2,1H3;2-3H,1H3/t19-;/m1./s1/i25T;2D. The second kappa shape index (κ2) is 10.9. The van der Waals surface area contributed by atoms with Crippen LogP contribution in [0.1, 0.15) is 12.5 Å². The van der Waals surface area contributed by atoms with Crippen molar-refractivity contribution in [3.05, 3.63) is 62.5 Å². The van der Waals surface area contributed by atoms with Gasteiger partial charge in [-0.3, -0.25) is 9.59 Å². The molecule has 11 heteroatoms. The Morgan fingerprint density at radius 2 is 1.84 bits per heavy atom. The number of anilines is 1. The van der Waals surface area contributed by atoms with E-state index in [0.717, 1.165) is 19.8 Å². The number of hydrogen-bond donors (Lipinski definition) is 2. The molecular weight excluding hydrogens is 526 g/mol. The molecule has 1 N–H and O–H groups in total. The van der Waals surface area contributed by atoms with Gasteiger partial charge >= 0.3 is 6.03 Å². The molecule has 1 fully saturated rings. The summed E-state index contributed by atoms with van der Waals surface area (Å²) < 4.78 is 14.2. The first-order chi connectivity index (χ1) is 15.4. The Balaban J connectivity index is 0.000000890. The molecule has 4 amide bonds. The van der Waals surface area contributed by atoms with Crippen molar-refractivity contribution in [1.29, 1.82) is 2.77 Å². The van der Waals surface area contributed by atoms with Crippen LogP contribution >= 0.6 is 51.6 Å². The fourth-order valence-corrected chi connectivity index (χ4v) is 4.01. The zero-order chi connectivity index (χ0) is 24.9. The van der Waals surface area contributed by atoms with E-state index in [4.69, 9.17) is 26.0 Å². The monoisotopic (exact) mass is 547 g/mol. The number of hydrogen-bond acceptors (Lipinski definition) is 5. The van der Waals surface area contributed by atoms with E-state index < -0.39 is 30.0 Å². The van der Waals surface area contributed by atoms with Crippen LogP contribution in [-0.4, -0.2) is 49.3 Å². The molecule has 1 aliphatic rings. The molecule has 0 saturated carbocycles. The van der Waals surface area contributed by atoms with Gasteiger partial charge in [-0.15, -0.1) is 0 Å². The van der Waals surface area contributed by atoms with E-state index in [0.29, 0.717) is 0 Å². The lowest BCUT2D eigenvalue weighted by atomic mass is 9.91. The lowest BCUT2D eigenvalue weighted by molar-refractivity contribution is -0.139. The number of aliphatic hydroxyl groups is 1. The molecule has 0 unspecified atom stereocenters. The highest BCUT2D eigenvalue weighted by Crippen LogP contribution is 2.37. The van der Waals surface area contributed by atoms with E-state index in [-0.39, 0.29) is 28.7 Å². The largest absolute Gasteiger partial charge is 0.387 e. The van der Waals surface area contributed by atoms with Crippen molar-refractivity contribution in [3.63, 3.8) is 0 Å². The fraction of sp³-hybridized carbons (Fsp3) is 0.250. The second-order valence-corrected chi connectivity index (χ2v) is 9.06. The number of halogens is 3. The van der Waals surface area contributed by atoms with Crippen LogP contribution in [0.2, 0.25) is 16.9 Å². The number of rotatable bonds is 5. The third-order valence-electron chi connectivity index (χ3n) is 4.48. The molecule has 2 aromatic rings. The average molecular weight is 549 g/mol. The molecule has 31 heavy (non-hydrogen) atoms. The van der Waals surface area contributed by atoms with E-state index >= 15 is 0 Å². The molecule has 1 atom stereocenters. The van der Waals surface area contributed by atoms with Crippen molar-refractivity contribution >= 4 is 81.7 Å². The Morgan fingerprint density at radius 3 is 2.35 bits per heavy atom. The Bertz CT molecular complexity index is 1030. The molecule has 2 aromatic carbocycles. The first-order valence-electron chi connectivity index (χ1n) is 9.99. The van der Waals surface area contributed by atoms with Crippen molar-refractivity contribution < 1.29 is 19.5 Å². The van der Waals surface area contributed by atoms with Crippen LogP contribution in [0.5, 0.6) is 0 Å². The van der Waals surface area contributed by atoms with Crippen molar-refractivity contribution in [1.82, 2.24) is 4.90 Å². The number of urea groups is 1. The van der Waals surface area contributed by atoms with Gasteiger partial charge in [-0.1, -0.05) is 58.1 Å². The van der Waals surface area contributed by atoms with Crippen molar-refractivity contribution in [2.75, 3.05) is 11.5 Å². The minimum Gasteiger partial charge on any atom is -0.387 e. The summed E-state index contributed by atoms with van der Waals surface area (Å²) in [5.41, 5.74) is -0.621. The minimum atomic E-state index is -1.52. The molecule has 3 rings (SSSR count). The highest BCUT2D eigenvalue weighted by molar-refractivity contribution is 9.10. The summed E-state index contributed by atoms with van der Waals surface area (Å²) in [5.74, 6) is -1.41. The normalized spacial score (nSPS) is 18.9. The minimum absolute atomic E-state index is 0.0827. The number of imide groups is 2. The lowest BCUT2D eigenvalue weighted by Gasteiger charge is -2.29. The van der Waals surface area contributed by atoms with Crippen molar-refractivity contribution in [3.8, 4) is 0 Å². The van der Waals surface area contributed by atoms with Gasteiger partial charge < -0.3 is 5.11 Å². The maximum absolute atomic E-state index is 13.4. The van der Waals surface area contributed by atoms with Crippen molar-refractivity contribution in [2.24, 2.45) is 0 Å². The van der Waals surface area contributed by atoms with E-state index in [2.05, 4.69) is 33.5 Å². The van der Waals surface area contributed by atoms with E-state index in [1.165, 1.54) is 25.1 Å². The van der Waals surface area contributed by atoms with Crippen LogP contribution in [-0.2, 0) is 16.0 Å². The first-order valence-corrected chi connectivity index (χ1v) is 11.1. The van der Waals surface area contributed by atoms with Gasteiger partial charge in [-0.25, -0.2) is 27.1 Å². The topological polar surface area (TPSA) is 77.9 Å². The Labute approximate surface area is 208 Å². The highest BCUT2D eigenvalue weighted by atomic mass is 79.9. The Kier molecular flexibility index (Phi) is 7.95. The third kappa shape index (κ3) is 5.65. The van der Waals surface area contributed by atoms with E-state index in [1.807, 2.05) is 0 Å². The molecule has 1 aliphatic heterocycles. The maximum atomic E-state index is 13.4. The van der Waals surface area contributed by atoms with Gasteiger partial charge in [0.25, 0.3) is 11.8 Å². The molecule has 0 aliphatic carbocycles. The first kappa shape index (κ1) is 22.7. The molecule has 6 nitrogen and oxygen atoms in total. The van der Waals surface area contributed by atoms with Gasteiger partial charge in [-0.2, -0.15) is 0 Å². The van der Waals surface area contributed by atoms with Crippen LogP contribution < -0.4 is 4.90 Å². The lowest BCUT2D eigenvalue weighted by Crippen LogP contribution is -2.52. The number of thiol groups is 1. The molecule has 1 heterocycles. The molecule has 164 valence electrons. The zero-order valence-electron chi connectivity index (χ0n) is 18.6. The second-order valence-electron chi connectivity index (χ2n) is 6.76. The van der Waals surface area contributed by atoms with Gasteiger partial charge in [0.15, 0.2) is 6.52 Å². The van der Waals surface area contributed by atoms with Gasteiger partial charge in [0.05, 0.1) is 5.69 Å². The highest BCUT2D eigenvalue weighted by Gasteiger charge is 2.57. The maximum Gasteiger partial charge on any atom is 0.339 e. The summed E-state index contributed by atoms with van der Waals surface area (Å²) in [4.78, 5) is 40.8. The summed E-state index contributed by atoms with van der Waals surface area (Å²) >= 11 is 19.0. The molecular formula is C20H20BBrCl2N2O4S. The zero-order valence-corrected chi connectivity index (χ0v) is 20.6. The van der Waals surface area contributed by atoms with Crippen molar-refractivity contribution in [2.45, 2.75) is 25.7 Å². The number of benzene rings is 2. The van der Waals surface area contributed by atoms with Crippen LogP contribution in [0.25, 0.3) is 0 Å². The average Bonchev–Trinajstić information content (AvgIpc) is 2.88. The molecule has 0 bridgehead atoms. The predicted octanol–water partition coefficient (Wildman–Crippen LogP) is 4.36. The SMILES string of the molecule is [2H]B(C)S.[3H]OCC(=O)N1C(=O)N(c2cc(Cl)cc(Cl)c2)C(=O)[C@@]1(C)Cc1ccc(Br)cc1. The third-order valence-corrected chi connectivity index (χ3v) is 5.45. The van der Waals surface area contributed by atoms with Gasteiger partial charge in [0.2, 0.25) is 1.43 Å². The van der Waals surface area contributed by atoms with Gasteiger partial charge in [-0.05, 0) is 44.2 Å². The van der Waals surface area contributed by atoms with Crippen LogP contribution in [0.3, 0.4) is 0 Å². The molecule has 1 saturated heterocycles. The molecule has 0 spiro atoms. The summed E-state index contributed by atoms with van der Waals surface area (Å²) in [6, 6.07) is 10.6. The fourth-order valence-electron chi connectivity index (χ4n) is 3.23. The number of nitrogens with zero attached hydrogens (tertiary/aromatic N) is 2. The molecule has 0 aromatic heterocycles. The molecule has 0 radical (unpaired) electrons. The number of amides is 4. The Hall–Kier alpha value is -1.52. The predicted molar refractivity (Wildman–Crippen MR) is 132 cm³/mol. The number of carbonyl (C=O) groups is 3. The summed E-state index contributed by atoms with van der Waals surface area (Å²) in [5, 5.41) is 4.64. The van der Waals surface area contributed by atoms with Gasteiger partial charge in [0, 0.05) is 20.9 Å². The summed E-state index contributed by atoms with van der Waals surface area (Å²) in [6.45, 7) is 2.31. The Morgan fingerprint density at radius 1 is 1.29 bits per heavy atom.